The minimum atomic E-state index is -4.71. The number of aromatic nitrogens is 1. The Morgan fingerprint density at radius 1 is 1.47 bits per heavy atom. The van der Waals surface area contributed by atoms with Gasteiger partial charge in [0.15, 0.2) is 0 Å². The van der Waals surface area contributed by atoms with Crippen molar-refractivity contribution in [2.45, 2.75) is 19.3 Å². The van der Waals surface area contributed by atoms with Gasteiger partial charge < -0.3 is 5.32 Å². The third-order valence-electron chi connectivity index (χ3n) is 2.44. The van der Waals surface area contributed by atoms with Gasteiger partial charge in [-0.2, -0.15) is 13.2 Å². The van der Waals surface area contributed by atoms with Crippen LogP contribution in [0.15, 0.2) is 12.3 Å². The zero-order valence-electron chi connectivity index (χ0n) is 8.77. The Labute approximate surface area is 95.2 Å². The highest BCUT2D eigenvalue weighted by molar-refractivity contribution is 5.94. The van der Waals surface area contributed by atoms with Gasteiger partial charge in [-0.3, -0.25) is 15.1 Å². The van der Waals surface area contributed by atoms with Crippen molar-refractivity contribution in [1.29, 1.82) is 0 Å². The number of hydrogen-bond donors (Lipinski definition) is 2. The van der Waals surface area contributed by atoms with Gasteiger partial charge in [-0.15, -0.1) is 0 Å². The summed E-state index contributed by atoms with van der Waals surface area (Å²) in [6.45, 7) is 1.32. The normalized spacial score (nSPS) is 15.2. The van der Waals surface area contributed by atoms with Gasteiger partial charge >= 0.3 is 6.30 Å². The van der Waals surface area contributed by atoms with E-state index in [0.717, 1.165) is 29.3 Å². The summed E-state index contributed by atoms with van der Waals surface area (Å²) in [5, 5.41) is 4.03. The summed E-state index contributed by atoms with van der Waals surface area (Å²) in [6.07, 6.45) is -2.89. The number of carbonyl (C=O) groups is 1. The van der Waals surface area contributed by atoms with Crippen LogP contribution in [0.2, 0.25) is 0 Å². The van der Waals surface area contributed by atoms with E-state index in [2.05, 4.69) is 10.3 Å². The number of nitrogens with zero attached hydrogens (tertiary/aromatic N) is 1. The zero-order chi connectivity index (χ0) is 12.5. The van der Waals surface area contributed by atoms with Crippen LogP contribution in [-0.2, 0) is 13.0 Å². The first-order valence-corrected chi connectivity index (χ1v) is 5.03. The standard InChI is InChI=1S/C10H10F3N3O/c11-10(12,13)16-9(17)7-3-6-1-2-14-5-8(6)15-4-7/h3-4,14H,1-2,5H2,(H,16,17). The van der Waals surface area contributed by atoms with Gasteiger partial charge in [0.25, 0.3) is 5.91 Å². The fourth-order valence-electron chi connectivity index (χ4n) is 1.67. The molecule has 4 nitrogen and oxygen atoms in total. The fraction of sp³-hybridized carbons (Fsp3) is 0.400. The van der Waals surface area contributed by atoms with Crippen molar-refractivity contribution in [3.63, 3.8) is 0 Å². The molecule has 0 unspecified atom stereocenters. The fourth-order valence-corrected chi connectivity index (χ4v) is 1.67. The van der Waals surface area contributed by atoms with Crippen LogP contribution in [-0.4, -0.2) is 23.7 Å². The van der Waals surface area contributed by atoms with Gasteiger partial charge in [0, 0.05) is 12.7 Å². The van der Waals surface area contributed by atoms with Crippen LogP contribution in [0.5, 0.6) is 0 Å². The SMILES string of the molecule is O=C(NC(F)(F)F)c1cnc2c(c1)CCNC2. The van der Waals surface area contributed by atoms with E-state index in [-0.39, 0.29) is 5.56 Å². The lowest BCUT2D eigenvalue weighted by Gasteiger charge is -2.16. The summed E-state index contributed by atoms with van der Waals surface area (Å²) in [4.78, 5) is 15.2. The number of carbonyl (C=O) groups excluding carboxylic acids is 1. The van der Waals surface area contributed by atoms with Gasteiger partial charge in [-0.1, -0.05) is 0 Å². The Kier molecular flexibility index (Phi) is 3.01. The summed E-state index contributed by atoms with van der Waals surface area (Å²) < 4.78 is 35.9. The monoisotopic (exact) mass is 245 g/mol. The van der Waals surface area contributed by atoms with Crippen molar-refractivity contribution < 1.29 is 18.0 Å². The molecule has 0 saturated carbocycles. The third-order valence-corrected chi connectivity index (χ3v) is 2.44. The molecular formula is C10H10F3N3O. The van der Waals surface area contributed by atoms with Crippen molar-refractivity contribution in [1.82, 2.24) is 15.6 Å². The third kappa shape index (κ3) is 2.94. The highest BCUT2D eigenvalue weighted by Crippen LogP contribution is 2.15. The molecule has 92 valence electrons. The van der Waals surface area contributed by atoms with Gasteiger partial charge in [0.05, 0.1) is 11.3 Å². The number of amides is 1. The summed E-state index contributed by atoms with van der Waals surface area (Å²) >= 11 is 0. The second-order valence-corrected chi connectivity index (χ2v) is 3.71. The first-order valence-electron chi connectivity index (χ1n) is 5.03. The lowest BCUT2D eigenvalue weighted by molar-refractivity contribution is -0.146. The number of pyridine rings is 1. The molecule has 2 rings (SSSR count). The van der Waals surface area contributed by atoms with Crippen molar-refractivity contribution in [2.24, 2.45) is 0 Å². The summed E-state index contributed by atoms with van der Waals surface area (Å²) in [5.41, 5.74) is 1.53. The van der Waals surface area contributed by atoms with E-state index in [1.807, 2.05) is 0 Å². The number of halogens is 3. The van der Waals surface area contributed by atoms with Crippen LogP contribution in [0.3, 0.4) is 0 Å². The van der Waals surface area contributed by atoms with Crippen LogP contribution in [0, 0.1) is 0 Å². The van der Waals surface area contributed by atoms with Crippen molar-refractivity contribution in [2.75, 3.05) is 6.54 Å². The molecule has 0 fully saturated rings. The van der Waals surface area contributed by atoms with E-state index < -0.39 is 12.2 Å². The minimum Gasteiger partial charge on any atom is -0.311 e. The predicted octanol–water partition coefficient (Wildman–Crippen LogP) is 0.977. The van der Waals surface area contributed by atoms with Crippen LogP contribution in [0.4, 0.5) is 13.2 Å². The molecule has 1 aliphatic heterocycles. The number of rotatable bonds is 1. The summed E-state index contributed by atoms with van der Waals surface area (Å²) in [6, 6.07) is 1.46. The molecule has 0 radical (unpaired) electrons. The molecule has 0 aromatic carbocycles. The van der Waals surface area contributed by atoms with Crippen molar-refractivity contribution in [3.05, 3.63) is 29.1 Å². The molecule has 2 N–H and O–H groups in total. The van der Waals surface area contributed by atoms with E-state index in [4.69, 9.17) is 0 Å². The van der Waals surface area contributed by atoms with E-state index in [0.29, 0.717) is 13.0 Å². The molecule has 1 aromatic rings. The number of alkyl halides is 3. The average Bonchev–Trinajstić information content (AvgIpc) is 2.26. The maximum absolute atomic E-state index is 12.0. The Morgan fingerprint density at radius 2 is 2.24 bits per heavy atom. The number of nitrogens with one attached hydrogen (secondary N) is 2. The summed E-state index contributed by atoms with van der Waals surface area (Å²) in [7, 11) is 0. The molecule has 1 aliphatic rings. The predicted molar refractivity (Wildman–Crippen MR) is 53.2 cm³/mol. The van der Waals surface area contributed by atoms with Crippen molar-refractivity contribution in [3.8, 4) is 0 Å². The molecule has 0 bridgehead atoms. The summed E-state index contributed by atoms with van der Waals surface area (Å²) in [5.74, 6) is -1.17. The largest absolute Gasteiger partial charge is 0.484 e. The molecule has 0 aliphatic carbocycles. The molecule has 17 heavy (non-hydrogen) atoms. The van der Waals surface area contributed by atoms with Gasteiger partial charge in [-0.25, -0.2) is 0 Å². The van der Waals surface area contributed by atoms with E-state index in [1.54, 1.807) is 0 Å². The Morgan fingerprint density at radius 3 is 2.94 bits per heavy atom. The molecule has 2 heterocycles. The van der Waals surface area contributed by atoms with Crippen molar-refractivity contribution >= 4 is 5.91 Å². The highest BCUT2D eigenvalue weighted by atomic mass is 19.4. The zero-order valence-corrected chi connectivity index (χ0v) is 8.77. The highest BCUT2D eigenvalue weighted by Gasteiger charge is 2.30. The quantitative estimate of drug-likeness (QED) is 0.725. The lowest BCUT2D eigenvalue weighted by atomic mass is 10.0. The maximum atomic E-state index is 12.0. The Balaban J connectivity index is 2.19. The number of hydrogen-bond acceptors (Lipinski definition) is 3. The first kappa shape index (κ1) is 11.8. The molecule has 0 saturated heterocycles. The second kappa shape index (κ2) is 4.33. The van der Waals surface area contributed by atoms with Crippen LogP contribution < -0.4 is 10.6 Å². The van der Waals surface area contributed by atoms with Crippen LogP contribution >= 0.6 is 0 Å². The topological polar surface area (TPSA) is 54.0 Å². The molecule has 0 spiro atoms. The molecule has 0 atom stereocenters. The van der Waals surface area contributed by atoms with Gasteiger partial charge in [0.2, 0.25) is 0 Å². The minimum absolute atomic E-state index is 0.0667. The Bertz CT molecular complexity index is 445. The van der Waals surface area contributed by atoms with Gasteiger partial charge in [-0.05, 0) is 24.6 Å². The van der Waals surface area contributed by atoms with Gasteiger partial charge in [0.1, 0.15) is 0 Å². The average molecular weight is 245 g/mol. The maximum Gasteiger partial charge on any atom is 0.484 e. The molecule has 1 amide bonds. The van der Waals surface area contributed by atoms with E-state index >= 15 is 0 Å². The molecular weight excluding hydrogens is 235 g/mol. The molecule has 7 heteroatoms. The first-order chi connectivity index (χ1) is 7.96. The number of fused-ring (bicyclic) bond motifs is 1. The lowest BCUT2D eigenvalue weighted by Crippen LogP contribution is -2.37. The van der Waals surface area contributed by atoms with E-state index in [9.17, 15) is 18.0 Å². The smallest absolute Gasteiger partial charge is 0.311 e. The van der Waals surface area contributed by atoms with Crippen LogP contribution in [0.1, 0.15) is 21.6 Å². The van der Waals surface area contributed by atoms with E-state index in [1.165, 1.54) is 6.07 Å². The Hall–Kier alpha value is -1.63. The van der Waals surface area contributed by atoms with Crippen LogP contribution in [0.25, 0.3) is 0 Å². The second-order valence-electron chi connectivity index (χ2n) is 3.71. The molecule has 1 aromatic heterocycles.